The van der Waals surface area contributed by atoms with Gasteiger partial charge in [-0.2, -0.15) is 0 Å². The van der Waals surface area contributed by atoms with Gasteiger partial charge in [0.25, 0.3) is 0 Å². The van der Waals surface area contributed by atoms with E-state index in [-0.39, 0.29) is 12.5 Å². The minimum absolute atomic E-state index is 0.0552. The summed E-state index contributed by atoms with van der Waals surface area (Å²) in [5, 5.41) is 17.7. The van der Waals surface area contributed by atoms with Gasteiger partial charge in [-0.1, -0.05) is 0 Å². The summed E-state index contributed by atoms with van der Waals surface area (Å²) in [6, 6.07) is 0. The Morgan fingerprint density at radius 3 is 2.67 bits per heavy atom. The lowest BCUT2D eigenvalue weighted by Crippen LogP contribution is -2.25. The van der Waals surface area contributed by atoms with E-state index in [0.29, 0.717) is 26.1 Å². The van der Waals surface area contributed by atoms with Gasteiger partial charge in [0.15, 0.2) is 0 Å². The number of aliphatic hydroxyl groups excluding tert-OH is 1. The van der Waals surface area contributed by atoms with Crippen LogP contribution in [0.3, 0.4) is 0 Å². The average Bonchev–Trinajstić information content (AvgIpc) is 2.27. The number of aliphatic carboxylic acids is 1. The Hall–Kier alpha value is -0.610. The summed E-state index contributed by atoms with van der Waals surface area (Å²) >= 11 is 0. The number of rotatable bonds is 2. The third-order valence-electron chi connectivity index (χ3n) is 2.33. The van der Waals surface area contributed by atoms with Crippen LogP contribution >= 0.6 is 0 Å². The Morgan fingerprint density at radius 2 is 2.08 bits per heavy atom. The standard InChI is InChI=1S/C8H14O4/c9-5-6-1-3-12-4-2-7(6)8(10)11/h6-7,9H,1-5H2,(H,10,11)/t6-,7+/m0/s1. The second kappa shape index (κ2) is 4.42. The zero-order chi connectivity index (χ0) is 8.97. The van der Waals surface area contributed by atoms with Crippen LogP contribution in [0.5, 0.6) is 0 Å². The maximum atomic E-state index is 10.7. The molecule has 2 N–H and O–H groups in total. The lowest BCUT2D eigenvalue weighted by Gasteiger charge is -2.17. The normalized spacial score (nSPS) is 31.1. The number of carboxylic acid groups (broad SMARTS) is 1. The molecule has 0 aromatic rings. The zero-order valence-corrected chi connectivity index (χ0v) is 6.90. The van der Waals surface area contributed by atoms with Gasteiger partial charge in [-0.15, -0.1) is 0 Å². The predicted octanol–water partition coefficient (Wildman–Crippen LogP) is 0.106. The maximum absolute atomic E-state index is 10.7. The maximum Gasteiger partial charge on any atom is 0.306 e. The molecule has 0 amide bonds. The molecule has 1 rings (SSSR count). The molecule has 4 heteroatoms. The van der Waals surface area contributed by atoms with Crippen LogP contribution in [0.1, 0.15) is 12.8 Å². The van der Waals surface area contributed by atoms with Crippen molar-refractivity contribution < 1.29 is 19.7 Å². The van der Waals surface area contributed by atoms with Crippen molar-refractivity contribution in [1.29, 1.82) is 0 Å². The topological polar surface area (TPSA) is 66.8 Å². The molecule has 1 aliphatic rings. The Bertz CT molecular complexity index is 157. The molecule has 12 heavy (non-hydrogen) atoms. The molecule has 2 atom stereocenters. The molecule has 0 aromatic carbocycles. The average molecular weight is 174 g/mol. The van der Waals surface area contributed by atoms with Gasteiger partial charge in [-0.25, -0.2) is 0 Å². The molecule has 0 radical (unpaired) electrons. The number of carbonyl (C=O) groups is 1. The summed E-state index contributed by atoms with van der Waals surface area (Å²) in [5.41, 5.74) is 0. The van der Waals surface area contributed by atoms with Gasteiger partial charge in [0.2, 0.25) is 0 Å². The fourth-order valence-corrected chi connectivity index (χ4v) is 1.53. The number of aliphatic hydroxyl groups is 1. The smallest absolute Gasteiger partial charge is 0.306 e. The molecule has 70 valence electrons. The van der Waals surface area contributed by atoms with Crippen LogP contribution < -0.4 is 0 Å². The van der Waals surface area contributed by atoms with Gasteiger partial charge >= 0.3 is 5.97 Å². The molecule has 0 bridgehead atoms. The molecule has 1 aliphatic heterocycles. The Morgan fingerprint density at radius 1 is 1.42 bits per heavy atom. The van der Waals surface area contributed by atoms with Gasteiger partial charge in [-0.3, -0.25) is 4.79 Å². The van der Waals surface area contributed by atoms with E-state index in [2.05, 4.69) is 0 Å². The quantitative estimate of drug-likeness (QED) is 0.623. The van der Waals surface area contributed by atoms with Crippen molar-refractivity contribution in [3.05, 3.63) is 0 Å². The molecule has 0 unspecified atom stereocenters. The summed E-state index contributed by atoms with van der Waals surface area (Å²) in [5.74, 6) is -1.39. The summed E-state index contributed by atoms with van der Waals surface area (Å²) in [4.78, 5) is 10.7. The highest BCUT2D eigenvalue weighted by Gasteiger charge is 2.28. The van der Waals surface area contributed by atoms with E-state index in [9.17, 15) is 4.79 Å². The molecule has 0 aromatic heterocycles. The van der Waals surface area contributed by atoms with Crippen LogP contribution in [0.2, 0.25) is 0 Å². The van der Waals surface area contributed by atoms with Crippen LogP contribution in [-0.2, 0) is 9.53 Å². The Labute approximate surface area is 71.2 Å². The minimum atomic E-state index is -0.820. The molecule has 0 aliphatic carbocycles. The molecular weight excluding hydrogens is 160 g/mol. The third kappa shape index (κ3) is 2.19. The lowest BCUT2D eigenvalue weighted by molar-refractivity contribution is -0.144. The van der Waals surface area contributed by atoms with Crippen LogP contribution in [0.4, 0.5) is 0 Å². The van der Waals surface area contributed by atoms with E-state index >= 15 is 0 Å². The van der Waals surface area contributed by atoms with E-state index in [0.717, 1.165) is 0 Å². The molecule has 0 spiro atoms. The molecular formula is C8H14O4. The monoisotopic (exact) mass is 174 g/mol. The van der Waals surface area contributed by atoms with Gasteiger partial charge in [0, 0.05) is 19.8 Å². The number of carboxylic acids is 1. The van der Waals surface area contributed by atoms with Crippen LogP contribution in [0.15, 0.2) is 0 Å². The summed E-state index contributed by atoms with van der Waals surface area (Å²) < 4.78 is 5.13. The van der Waals surface area contributed by atoms with Gasteiger partial charge in [-0.05, 0) is 18.8 Å². The molecule has 4 nitrogen and oxygen atoms in total. The minimum Gasteiger partial charge on any atom is -0.481 e. The Balaban J connectivity index is 2.57. The first-order valence-electron chi connectivity index (χ1n) is 4.17. The van der Waals surface area contributed by atoms with Crippen molar-refractivity contribution in [1.82, 2.24) is 0 Å². The zero-order valence-electron chi connectivity index (χ0n) is 6.90. The van der Waals surface area contributed by atoms with E-state index in [1.807, 2.05) is 0 Å². The van der Waals surface area contributed by atoms with Crippen molar-refractivity contribution in [3.63, 3.8) is 0 Å². The highest BCUT2D eigenvalue weighted by molar-refractivity contribution is 5.70. The van der Waals surface area contributed by atoms with E-state index in [4.69, 9.17) is 14.9 Å². The van der Waals surface area contributed by atoms with E-state index in [1.165, 1.54) is 0 Å². The second-order valence-electron chi connectivity index (χ2n) is 3.08. The number of hydrogen-bond donors (Lipinski definition) is 2. The summed E-state index contributed by atoms with van der Waals surface area (Å²) in [7, 11) is 0. The van der Waals surface area contributed by atoms with Crippen molar-refractivity contribution >= 4 is 5.97 Å². The van der Waals surface area contributed by atoms with E-state index in [1.54, 1.807) is 0 Å². The SMILES string of the molecule is O=C(O)[C@@H]1CCOCC[C@H]1CO. The van der Waals surface area contributed by atoms with E-state index < -0.39 is 11.9 Å². The second-order valence-corrected chi connectivity index (χ2v) is 3.08. The van der Waals surface area contributed by atoms with Crippen molar-refractivity contribution in [2.45, 2.75) is 12.8 Å². The van der Waals surface area contributed by atoms with Gasteiger partial charge < -0.3 is 14.9 Å². The van der Waals surface area contributed by atoms with Gasteiger partial charge in [0.1, 0.15) is 0 Å². The molecule has 0 saturated carbocycles. The predicted molar refractivity (Wildman–Crippen MR) is 41.8 cm³/mol. The Kier molecular flexibility index (Phi) is 3.49. The first-order valence-corrected chi connectivity index (χ1v) is 4.17. The lowest BCUT2D eigenvalue weighted by atomic mass is 9.89. The van der Waals surface area contributed by atoms with Crippen LogP contribution in [0.25, 0.3) is 0 Å². The fourth-order valence-electron chi connectivity index (χ4n) is 1.53. The van der Waals surface area contributed by atoms with Crippen molar-refractivity contribution in [2.75, 3.05) is 19.8 Å². The van der Waals surface area contributed by atoms with Crippen molar-refractivity contribution in [2.24, 2.45) is 11.8 Å². The number of hydrogen-bond acceptors (Lipinski definition) is 3. The van der Waals surface area contributed by atoms with Crippen molar-refractivity contribution in [3.8, 4) is 0 Å². The summed E-state index contributed by atoms with van der Waals surface area (Å²) in [6.07, 6.45) is 1.16. The molecule has 1 saturated heterocycles. The number of ether oxygens (including phenoxy) is 1. The first kappa shape index (κ1) is 9.48. The highest BCUT2D eigenvalue weighted by Crippen LogP contribution is 2.22. The molecule has 1 heterocycles. The van der Waals surface area contributed by atoms with Crippen LogP contribution in [0, 0.1) is 11.8 Å². The molecule has 1 fully saturated rings. The van der Waals surface area contributed by atoms with Gasteiger partial charge in [0.05, 0.1) is 5.92 Å². The van der Waals surface area contributed by atoms with Crippen LogP contribution in [-0.4, -0.2) is 36.0 Å². The summed E-state index contributed by atoms with van der Waals surface area (Å²) in [6.45, 7) is 1.00. The first-order chi connectivity index (χ1) is 5.75. The highest BCUT2D eigenvalue weighted by atomic mass is 16.5. The fraction of sp³-hybridized carbons (Fsp3) is 0.875. The third-order valence-corrected chi connectivity index (χ3v) is 2.33. The largest absolute Gasteiger partial charge is 0.481 e.